The fourth-order valence-electron chi connectivity index (χ4n) is 0.922. The summed E-state index contributed by atoms with van der Waals surface area (Å²) in [5, 5.41) is 11.5. The van der Waals surface area contributed by atoms with Crippen LogP contribution in [-0.2, 0) is 4.79 Å². The van der Waals surface area contributed by atoms with Crippen molar-refractivity contribution in [3.05, 3.63) is 24.3 Å². The summed E-state index contributed by atoms with van der Waals surface area (Å²) < 4.78 is 0. The number of hydrogen-bond donors (Lipinski definition) is 3. The number of nitrogens with one attached hydrogen (secondary N) is 1. The van der Waals surface area contributed by atoms with E-state index in [1.165, 1.54) is 11.8 Å². The molecule has 0 aromatic heterocycles. The Kier molecular flexibility index (Phi) is 4.38. The summed E-state index contributed by atoms with van der Waals surface area (Å²) in [5.41, 5.74) is 6.09. The van der Waals surface area contributed by atoms with Gasteiger partial charge in [-0.05, 0) is 36.5 Å². The van der Waals surface area contributed by atoms with Crippen LogP contribution in [0.2, 0.25) is 0 Å². The van der Waals surface area contributed by atoms with Gasteiger partial charge in [0, 0.05) is 10.6 Å². The molecule has 0 fully saturated rings. The van der Waals surface area contributed by atoms with Crippen LogP contribution < -0.4 is 11.1 Å². The fraction of sp³-hybridized carbons (Fsp3) is 0.111. The molecule has 80 valence electrons. The van der Waals surface area contributed by atoms with Crippen molar-refractivity contribution in [2.24, 2.45) is 5.73 Å². The molecule has 4 nitrogen and oxygen atoms in total. The second kappa shape index (κ2) is 5.57. The van der Waals surface area contributed by atoms with Gasteiger partial charge < -0.3 is 16.2 Å². The maximum Gasteiger partial charge on any atom is 0.313 e. The maximum atomic E-state index is 10.3. The van der Waals surface area contributed by atoms with Gasteiger partial charge in [0.1, 0.15) is 0 Å². The molecular formula is C9H10N2O2S2. The lowest BCUT2D eigenvalue weighted by atomic mass is 10.3. The highest BCUT2D eigenvalue weighted by molar-refractivity contribution is 8.00. The van der Waals surface area contributed by atoms with Gasteiger partial charge in [-0.2, -0.15) is 0 Å². The van der Waals surface area contributed by atoms with Crippen LogP contribution in [0.5, 0.6) is 0 Å². The Morgan fingerprint density at radius 3 is 2.53 bits per heavy atom. The molecule has 0 aliphatic carbocycles. The van der Waals surface area contributed by atoms with Crippen molar-refractivity contribution in [3.8, 4) is 0 Å². The van der Waals surface area contributed by atoms with Gasteiger partial charge in [0.2, 0.25) is 0 Å². The summed E-state index contributed by atoms with van der Waals surface area (Å²) in [5.74, 6) is -0.771. The number of carbonyl (C=O) groups is 1. The third-order valence-electron chi connectivity index (χ3n) is 1.48. The minimum Gasteiger partial charge on any atom is -0.481 e. The molecule has 1 rings (SSSR count). The summed E-state index contributed by atoms with van der Waals surface area (Å²) in [6.07, 6.45) is 0. The zero-order chi connectivity index (χ0) is 11.3. The summed E-state index contributed by atoms with van der Waals surface area (Å²) in [7, 11) is 0. The lowest BCUT2D eigenvalue weighted by Crippen LogP contribution is -2.18. The highest BCUT2D eigenvalue weighted by Crippen LogP contribution is 2.19. The van der Waals surface area contributed by atoms with Crippen molar-refractivity contribution in [2.45, 2.75) is 4.90 Å². The molecule has 1 aromatic rings. The van der Waals surface area contributed by atoms with Gasteiger partial charge in [0.15, 0.2) is 5.11 Å². The molecule has 0 spiro atoms. The predicted octanol–water partition coefficient (Wildman–Crippen LogP) is 1.52. The van der Waals surface area contributed by atoms with Crippen molar-refractivity contribution in [2.75, 3.05) is 11.1 Å². The van der Waals surface area contributed by atoms with Crippen LogP contribution in [0.25, 0.3) is 0 Å². The Bertz CT molecular complexity index is 365. The SMILES string of the molecule is NC(=S)Nc1ccc(SCC(=O)O)cc1. The molecule has 1 aromatic carbocycles. The van der Waals surface area contributed by atoms with Crippen molar-refractivity contribution < 1.29 is 9.90 Å². The smallest absolute Gasteiger partial charge is 0.313 e. The van der Waals surface area contributed by atoms with Gasteiger partial charge in [-0.3, -0.25) is 4.79 Å². The monoisotopic (exact) mass is 242 g/mol. The Balaban J connectivity index is 2.56. The Morgan fingerprint density at radius 1 is 1.47 bits per heavy atom. The number of thioether (sulfide) groups is 1. The lowest BCUT2D eigenvalue weighted by molar-refractivity contribution is -0.133. The van der Waals surface area contributed by atoms with Gasteiger partial charge in [0.05, 0.1) is 5.75 Å². The highest BCUT2D eigenvalue weighted by Gasteiger charge is 1.99. The Morgan fingerprint density at radius 2 is 2.07 bits per heavy atom. The molecule has 0 unspecified atom stereocenters. The van der Waals surface area contributed by atoms with E-state index in [0.717, 1.165) is 10.6 Å². The second-order valence-electron chi connectivity index (χ2n) is 2.70. The number of aliphatic carboxylic acids is 1. The average molecular weight is 242 g/mol. The van der Waals surface area contributed by atoms with Gasteiger partial charge in [-0.15, -0.1) is 11.8 Å². The summed E-state index contributed by atoms with van der Waals surface area (Å²) in [6, 6.07) is 7.22. The van der Waals surface area contributed by atoms with E-state index in [2.05, 4.69) is 17.5 Å². The number of carboxylic acids is 1. The molecule has 4 N–H and O–H groups in total. The molecule has 0 heterocycles. The molecule has 0 atom stereocenters. The topological polar surface area (TPSA) is 75.3 Å². The molecule has 0 aliphatic rings. The van der Waals surface area contributed by atoms with E-state index in [0.29, 0.717) is 0 Å². The maximum absolute atomic E-state index is 10.3. The first kappa shape index (κ1) is 11.8. The minimum atomic E-state index is -0.828. The summed E-state index contributed by atoms with van der Waals surface area (Å²) in [6.45, 7) is 0. The van der Waals surface area contributed by atoms with Crippen molar-refractivity contribution in [1.82, 2.24) is 0 Å². The van der Waals surface area contributed by atoms with E-state index in [9.17, 15) is 4.79 Å². The number of benzene rings is 1. The number of carboxylic acid groups (broad SMARTS) is 1. The number of anilines is 1. The van der Waals surface area contributed by atoms with Crippen LogP contribution in [0.3, 0.4) is 0 Å². The van der Waals surface area contributed by atoms with E-state index in [1.54, 1.807) is 12.1 Å². The number of hydrogen-bond acceptors (Lipinski definition) is 3. The lowest BCUT2D eigenvalue weighted by Gasteiger charge is -2.04. The Labute approximate surface area is 96.9 Å². The van der Waals surface area contributed by atoms with Crippen LogP contribution in [-0.4, -0.2) is 21.9 Å². The zero-order valence-electron chi connectivity index (χ0n) is 7.77. The predicted molar refractivity (Wildman–Crippen MR) is 65.2 cm³/mol. The quantitative estimate of drug-likeness (QED) is 0.549. The van der Waals surface area contributed by atoms with Crippen molar-refractivity contribution >= 4 is 40.7 Å². The van der Waals surface area contributed by atoms with Crippen LogP contribution >= 0.6 is 24.0 Å². The molecular weight excluding hydrogens is 232 g/mol. The Hall–Kier alpha value is -1.27. The number of nitrogens with two attached hydrogens (primary N) is 1. The van der Waals surface area contributed by atoms with Gasteiger partial charge in [-0.1, -0.05) is 0 Å². The number of rotatable bonds is 4. The third kappa shape index (κ3) is 4.66. The van der Waals surface area contributed by atoms with Crippen LogP contribution in [0.1, 0.15) is 0 Å². The summed E-state index contributed by atoms with van der Waals surface area (Å²) in [4.78, 5) is 11.2. The zero-order valence-corrected chi connectivity index (χ0v) is 9.40. The normalized spacial score (nSPS) is 9.60. The molecule has 6 heteroatoms. The first-order valence-electron chi connectivity index (χ1n) is 4.09. The van der Waals surface area contributed by atoms with Gasteiger partial charge in [-0.25, -0.2) is 0 Å². The van der Waals surface area contributed by atoms with Crippen LogP contribution in [0.4, 0.5) is 5.69 Å². The second-order valence-corrected chi connectivity index (χ2v) is 4.18. The van der Waals surface area contributed by atoms with E-state index in [-0.39, 0.29) is 10.9 Å². The average Bonchev–Trinajstić information content (AvgIpc) is 2.16. The van der Waals surface area contributed by atoms with Crippen LogP contribution in [0.15, 0.2) is 29.2 Å². The first-order valence-corrected chi connectivity index (χ1v) is 5.48. The molecule has 0 bridgehead atoms. The van der Waals surface area contributed by atoms with Gasteiger partial charge >= 0.3 is 5.97 Å². The molecule has 0 aliphatic heterocycles. The molecule has 0 saturated carbocycles. The first-order chi connectivity index (χ1) is 7.08. The van der Waals surface area contributed by atoms with Crippen LogP contribution in [0, 0.1) is 0 Å². The highest BCUT2D eigenvalue weighted by atomic mass is 32.2. The molecule has 15 heavy (non-hydrogen) atoms. The van der Waals surface area contributed by atoms with Gasteiger partial charge in [0.25, 0.3) is 0 Å². The molecule has 0 amide bonds. The molecule has 0 saturated heterocycles. The van der Waals surface area contributed by atoms with Crippen molar-refractivity contribution in [1.29, 1.82) is 0 Å². The largest absolute Gasteiger partial charge is 0.481 e. The minimum absolute atomic E-state index is 0.0576. The van der Waals surface area contributed by atoms with E-state index in [1.807, 2.05) is 12.1 Å². The summed E-state index contributed by atoms with van der Waals surface area (Å²) >= 11 is 5.94. The number of thiocarbonyl (C=S) groups is 1. The molecule has 0 radical (unpaired) electrons. The third-order valence-corrected chi connectivity index (χ3v) is 2.58. The van der Waals surface area contributed by atoms with E-state index < -0.39 is 5.97 Å². The van der Waals surface area contributed by atoms with E-state index in [4.69, 9.17) is 10.8 Å². The fourth-order valence-corrected chi connectivity index (χ4v) is 1.66. The van der Waals surface area contributed by atoms with Crippen molar-refractivity contribution in [3.63, 3.8) is 0 Å². The standard InChI is InChI=1S/C9H10N2O2S2/c10-9(14)11-6-1-3-7(4-2-6)15-5-8(12)13/h1-4H,5H2,(H,12,13)(H3,10,11,14). The van der Waals surface area contributed by atoms with E-state index >= 15 is 0 Å².